The second-order valence-electron chi connectivity index (χ2n) is 2.26. The van der Waals surface area contributed by atoms with Gasteiger partial charge in [0.15, 0.2) is 0 Å². The second-order valence-corrected chi connectivity index (χ2v) is 2.62. The Hall–Kier alpha value is -1.14. The topological polar surface area (TPSA) is 30.1 Å². The quantitative estimate of drug-likeness (QED) is 0.517. The van der Waals surface area contributed by atoms with Gasteiger partial charge in [-0.2, -0.15) is 0 Å². The second kappa shape index (κ2) is 4.03. The third-order valence-electron chi connectivity index (χ3n) is 1.55. The Bertz CT molecular complexity index is 317. The molecule has 0 saturated carbocycles. The monoisotopic (exact) mass is 181 g/mol. The number of rotatable bonds is 2. The van der Waals surface area contributed by atoms with Crippen LogP contribution in [0, 0.1) is 6.57 Å². The van der Waals surface area contributed by atoms with Gasteiger partial charge < -0.3 is 4.85 Å². The summed E-state index contributed by atoms with van der Waals surface area (Å²) in [6.07, 6.45) is 2.21. The van der Waals surface area contributed by atoms with Gasteiger partial charge in [0.1, 0.15) is 11.5 Å². The Kier molecular flexibility index (Phi) is 3.01. The zero-order chi connectivity index (χ0) is 8.97. The maximum atomic E-state index is 6.72. The Morgan fingerprint density at radius 3 is 2.92 bits per heavy atom. The van der Waals surface area contributed by atoms with E-state index in [-0.39, 0.29) is 6.54 Å². The fourth-order valence-corrected chi connectivity index (χ4v) is 1.18. The number of hydrogen-bond acceptors (Lipinski definition) is 2. The van der Waals surface area contributed by atoms with Crippen LogP contribution < -0.4 is 0 Å². The van der Waals surface area contributed by atoms with Gasteiger partial charge in [-0.05, 0) is 6.42 Å². The van der Waals surface area contributed by atoms with Gasteiger partial charge in [0, 0.05) is 0 Å². The van der Waals surface area contributed by atoms with E-state index in [2.05, 4.69) is 14.8 Å². The van der Waals surface area contributed by atoms with E-state index in [4.69, 9.17) is 18.2 Å². The Morgan fingerprint density at radius 1 is 1.58 bits per heavy atom. The highest BCUT2D eigenvalue weighted by Gasteiger charge is 2.09. The van der Waals surface area contributed by atoms with Crippen LogP contribution >= 0.6 is 11.6 Å². The third kappa shape index (κ3) is 1.72. The first-order valence-electron chi connectivity index (χ1n) is 3.61. The van der Waals surface area contributed by atoms with Crippen molar-refractivity contribution in [1.82, 2.24) is 9.97 Å². The number of aromatic nitrogens is 2. The third-order valence-corrected chi connectivity index (χ3v) is 1.88. The molecule has 0 aliphatic heterocycles. The molecule has 4 heteroatoms. The molecule has 12 heavy (non-hydrogen) atoms. The van der Waals surface area contributed by atoms with Crippen LogP contribution in [-0.2, 0) is 13.0 Å². The van der Waals surface area contributed by atoms with Crippen molar-refractivity contribution in [1.29, 1.82) is 0 Å². The molecule has 0 aliphatic rings. The molecule has 0 bridgehead atoms. The maximum absolute atomic E-state index is 6.72. The van der Waals surface area contributed by atoms with Crippen molar-refractivity contribution in [3.05, 3.63) is 34.2 Å². The number of hydrogen-bond donors (Lipinski definition) is 0. The lowest BCUT2D eigenvalue weighted by Crippen LogP contribution is -1.97. The number of halogens is 1. The summed E-state index contributed by atoms with van der Waals surface area (Å²) in [6, 6.07) is 0. The van der Waals surface area contributed by atoms with E-state index in [1.807, 2.05) is 6.92 Å². The first-order valence-corrected chi connectivity index (χ1v) is 3.98. The van der Waals surface area contributed by atoms with Gasteiger partial charge in [-0.3, -0.25) is 0 Å². The van der Waals surface area contributed by atoms with E-state index < -0.39 is 0 Å². The predicted octanol–water partition coefficient (Wildman–Crippen LogP) is 2.11. The van der Waals surface area contributed by atoms with Crippen molar-refractivity contribution in [2.75, 3.05) is 0 Å². The molecule has 0 unspecified atom stereocenters. The summed E-state index contributed by atoms with van der Waals surface area (Å²) in [5.41, 5.74) is 1.63. The van der Waals surface area contributed by atoms with Crippen LogP contribution in [0.1, 0.15) is 18.2 Å². The SMILES string of the molecule is [C-]#[N+]Cc1c(Cl)ncnc1CC. The molecule has 0 N–H and O–H groups in total. The summed E-state index contributed by atoms with van der Waals surface area (Å²) >= 11 is 5.79. The average molecular weight is 182 g/mol. The molecule has 1 aromatic heterocycles. The minimum Gasteiger partial charge on any atom is -0.312 e. The van der Waals surface area contributed by atoms with Gasteiger partial charge in [-0.1, -0.05) is 18.5 Å². The lowest BCUT2D eigenvalue weighted by atomic mass is 10.2. The van der Waals surface area contributed by atoms with Crippen LogP contribution in [0.3, 0.4) is 0 Å². The molecule has 0 atom stereocenters. The molecule has 0 aliphatic carbocycles. The molecule has 3 nitrogen and oxygen atoms in total. The highest BCUT2D eigenvalue weighted by molar-refractivity contribution is 6.30. The molecule has 0 fully saturated rings. The molecular formula is C8H8ClN3. The molecular weight excluding hydrogens is 174 g/mol. The van der Waals surface area contributed by atoms with Gasteiger partial charge in [-0.25, -0.2) is 16.5 Å². The van der Waals surface area contributed by atoms with Gasteiger partial charge in [0.2, 0.25) is 6.54 Å². The van der Waals surface area contributed by atoms with E-state index in [0.29, 0.717) is 5.15 Å². The highest BCUT2D eigenvalue weighted by atomic mass is 35.5. The summed E-state index contributed by atoms with van der Waals surface area (Å²) < 4.78 is 0. The molecule has 1 heterocycles. The van der Waals surface area contributed by atoms with Gasteiger partial charge >= 0.3 is 0 Å². The first-order chi connectivity index (χ1) is 5.79. The van der Waals surface area contributed by atoms with Crippen LogP contribution in [0.5, 0.6) is 0 Å². The van der Waals surface area contributed by atoms with E-state index in [1.54, 1.807) is 0 Å². The van der Waals surface area contributed by atoms with Gasteiger partial charge in [-0.15, -0.1) is 0 Å². The predicted molar refractivity (Wildman–Crippen MR) is 46.7 cm³/mol. The van der Waals surface area contributed by atoms with E-state index in [1.165, 1.54) is 6.33 Å². The molecule has 0 amide bonds. The van der Waals surface area contributed by atoms with Crippen molar-refractivity contribution >= 4 is 11.6 Å². The van der Waals surface area contributed by atoms with Crippen LogP contribution in [0.25, 0.3) is 4.85 Å². The largest absolute Gasteiger partial charge is 0.312 e. The molecule has 0 aromatic carbocycles. The van der Waals surface area contributed by atoms with Crippen LogP contribution in [0.2, 0.25) is 5.15 Å². The molecule has 1 rings (SSSR count). The minimum absolute atomic E-state index is 0.267. The summed E-state index contributed by atoms with van der Waals surface area (Å²) in [6.45, 7) is 8.96. The van der Waals surface area contributed by atoms with Crippen LogP contribution in [-0.4, -0.2) is 9.97 Å². The lowest BCUT2D eigenvalue weighted by molar-refractivity contribution is 0.949. The van der Waals surface area contributed by atoms with Crippen molar-refractivity contribution < 1.29 is 0 Å². The van der Waals surface area contributed by atoms with Crippen molar-refractivity contribution in [2.45, 2.75) is 19.9 Å². The van der Waals surface area contributed by atoms with E-state index >= 15 is 0 Å². The normalized spacial score (nSPS) is 9.42. The van der Waals surface area contributed by atoms with Gasteiger partial charge in [0.05, 0.1) is 11.3 Å². The first kappa shape index (κ1) is 8.95. The summed E-state index contributed by atoms with van der Waals surface area (Å²) in [7, 11) is 0. The molecule has 0 spiro atoms. The van der Waals surface area contributed by atoms with Crippen LogP contribution in [0.15, 0.2) is 6.33 Å². The molecule has 1 aromatic rings. The zero-order valence-electron chi connectivity index (χ0n) is 6.71. The standard InChI is InChI=1S/C8H8ClN3/c1-3-7-6(4-10-2)8(9)12-5-11-7/h5H,3-4H2,1H3. The fraction of sp³-hybridized carbons (Fsp3) is 0.375. The number of nitrogens with zero attached hydrogens (tertiary/aromatic N) is 3. The summed E-state index contributed by atoms with van der Waals surface area (Å²) in [5, 5.41) is 0.401. The minimum atomic E-state index is 0.267. The smallest absolute Gasteiger partial charge is 0.244 e. The Labute approximate surface area is 76.2 Å². The van der Waals surface area contributed by atoms with Gasteiger partial charge in [0.25, 0.3) is 0 Å². The lowest BCUT2D eigenvalue weighted by Gasteiger charge is -2.00. The van der Waals surface area contributed by atoms with Crippen molar-refractivity contribution in [2.24, 2.45) is 0 Å². The fourth-order valence-electron chi connectivity index (χ4n) is 0.964. The van der Waals surface area contributed by atoms with E-state index in [9.17, 15) is 0 Å². The van der Waals surface area contributed by atoms with Crippen molar-refractivity contribution in [3.8, 4) is 0 Å². The van der Waals surface area contributed by atoms with Crippen molar-refractivity contribution in [3.63, 3.8) is 0 Å². The molecule has 62 valence electrons. The maximum Gasteiger partial charge on any atom is 0.244 e. The van der Waals surface area contributed by atoms with Crippen LogP contribution in [0.4, 0.5) is 0 Å². The van der Waals surface area contributed by atoms with E-state index in [0.717, 1.165) is 17.7 Å². The summed E-state index contributed by atoms with van der Waals surface area (Å²) in [5.74, 6) is 0. The molecule has 0 radical (unpaired) electrons. The molecule has 0 saturated heterocycles. The average Bonchev–Trinajstić information content (AvgIpc) is 2.09. The Balaban J connectivity index is 3.12. The highest BCUT2D eigenvalue weighted by Crippen LogP contribution is 2.16. The number of aryl methyl sites for hydroxylation is 1. The summed E-state index contributed by atoms with van der Waals surface area (Å²) in [4.78, 5) is 11.1. The Morgan fingerprint density at radius 2 is 2.33 bits per heavy atom. The zero-order valence-corrected chi connectivity index (χ0v) is 7.47.